The van der Waals surface area contributed by atoms with E-state index in [1.807, 2.05) is 54.6 Å². The molecule has 2 aromatic carbocycles. The molecule has 26 heavy (non-hydrogen) atoms. The van der Waals surface area contributed by atoms with Crippen molar-refractivity contribution in [2.75, 3.05) is 19.5 Å². The third kappa shape index (κ3) is 5.13. The molecule has 3 aromatic rings. The van der Waals surface area contributed by atoms with Gasteiger partial charge in [0.1, 0.15) is 11.5 Å². The molecule has 0 amide bonds. The Hall–Kier alpha value is -2.73. The van der Waals surface area contributed by atoms with Crippen molar-refractivity contribution >= 4 is 11.8 Å². The van der Waals surface area contributed by atoms with Crippen molar-refractivity contribution in [1.29, 1.82) is 0 Å². The number of hydrogen-bond acceptors (Lipinski definition) is 5. The van der Waals surface area contributed by atoms with E-state index in [0.717, 1.165) is 29.2 Å². The average molecular weight is 368 g/mol. The predicted molar refractivity (Wildman–Crippen MR) is 104 cm³/mol. The number of thioether (sulfide) groups is 1. The first-order valence-corrected chi connectivity index (χ1v) is 9.29. The molecule has 0 aliphatic carbocycles. The Bertz CT molecular complexity index is 880. The molecular formula is C20H20N2O3S. The van der Waals surface area contributed by atoms with E-state index in [2.05, 4.69) is 9.97 Å². The van der Waals surface area contributed by atoms with Crippen LogP contribution < -0.4 is 15.0 Å². The molecule has 6 heteroatoms. The fraction of sp³-hybridized carbons (Fsp3) is 0.200. The first-order chi connectivity index (χ1) is 12.7. The van der Waals surface area contributed by atoms with Gasteiger partial charge in [-0.05, 0) is 30.7 Å². The van der Waals surface area contributed by atoms with Gasteiger partial charge in [-0.2, -0.15) is 0 Å². The van der Waals surface area contributed by atoms with E-state index in [0.29, 0.717) is 17.5 Å². The van der Waals surface area contributed by atoms with E-state index in [9.17, 15) is 4.79 Å². The molecule has 0 saturated heterocycles. The molecule has 0 aliphatic rings. The highest BCUT2D eigenvalue weighted by Gasteiger charge is 2.04. The molecule has 0 unspecified atom stereocenters. The number of methoxy groups -OCH3 is 1. The summed E-state index contributed by atoms with van der Waals surface area (Å²) in [6.07, 6.45) is 0.843. The van der Waals surface area contributed by atoms with E-state index in [1.165, 1.54) is 17.8 Å². The summed E-state index contributed by atoms with van der Waals surface area (Å²) in [7, 11) is 1.64. The van der Waals surface area contributed by atoms with Gasteiger partial charge in [0.05, 0.1) is 19.4 Å². The fourth-order valence-corrected chi connectivity index (χ4v) is 3.14. The standard InChI is InChI=1S/C20H20N2O3S/c1-24-16-8-10-17(11-9-16)25-12-5-13-26-20-21-18(14-19(23)22-20)15-6-3-2-4-7-15/h2-4,6-11,14H,5,12-13H2,1H3,(H,21,22,23). The molecule has 0 radical (unpaired) electrons. The third-order valence-corrected chi connectivity index (χ3v) is 4.60. The van der Waals surface area contributed by atoms with Crippen LogP contribution in [-0.4, -0.2) is 29.4 Å². The second-order valence-electron chi connectivity index (χ2n) is 5.53. The van der Waals surface area contributed by atoms with E-state index in [-0.39, 0.29) is 5.56 Å². The molecule has 5 nitrogen and oxygen atoms in total. The zero-order valence-corrected chi connectivity index (χ0v) is 15.3. The smallest absolute Gasteiger partial charge is 0.252 e. The quantitative estimate of drug-likeness (QED) is 0.370. The van der Waals surface area contributed by atoms with Crippen LogP contribution >= 0.6 is 11.8 Å². The van der Waals surface area contributed by atoms with Crippen molar-refractivity contribution < 1.29 is 9.47 Å². The highest BCUT2D eigenvalue weighted by atomic mass is 32.2. The molecule has 3 rings (SSSR count). The summed E-state index contributed by atoms with van der Waals surface area (Å²) in [5, 5.41) is 0.626. The second-order valence-corrected chi connectivity index (χ2v) is 6.61. The minimum Gasteiger partial charge on any atom is -0.497 e. The van der Waals surface area contributed by atoms with Crippen LogP contribution in [0.15, 0.2) is 70.6 Å². The summed E-state index contributed by atoms with van der Waals surface area (Å²) >= 11 is 1.52. The maximum absolute atomic E-state index is 11.9. The number of benzene rings is 2. The number of nitrogens with one attached hydrogen (secondary N) is 1. The van der Waals surface area contributed by atoms with E-state index >= 15 is 0 Å². The maximum Gasteiger partial charge on any atom is 0.252 e. The lowest BCUT2D eigenvalue weighted by atomic mass is 10.1. The normalized spacial score (nSPS) is 10.5. The molecule has 0 bridgehead atoms. The monoisotopic (exact) mass is 368 g/mol. The Morgan fingerprint density at radius 1 is 1.04 bits per heavy atom. The van der Waals surface area contributed by atoms with Gasteiger partial charge in [0.25, 0.3) is 5.56 Å². The molecular weight excluding hydrogens is 348 g/mol. The van der Waals surface area contributed by atoms with Crippen LogP contribution in [0, 0.1) is 0 Å². The molecule has 1 aromatic heterocycles. The SMILES string of the molecule is COc1ccc(OCCCSc2nc(-c3ccccc3)cc(=O)[nH]2)cc1. The average Bonchev–Trinajstić information content (AvgIpc) is 2.68. The van der Waals surface area contributed by atoms with Crippen LogP contribution in [-0.2, 0) is 0 Å². The zero-order chi connectivity index (χ0) is 18.2. The minimum absolute atomic E-state index is 0.143. The summed E-state index contributed by atoms with van der Waals surface area (Å²) in [6, 6.07) is 18.7. The minimum atomic E-state index is -0.143. The van der Waals surface area contributed by atoms with Crippen molar-refractivity contribution in [3.63, 3.8) is 0 Å². The van der Waals surface area contributed by atoms with Gasteiger partial charge in [-0.1, -0.05) is 42.1 Å². The number of ether oxygens (including phenoxy) is 2. The van der Waals surface area contributed by atoms with Crippen LogP contribution in [0.5, 0.6) is 11.5 Å². The Morgan fingerprint density at radius 2 is 1.77 bits per heavy atom. The summed E-state index contributed by atoms with van der Waals surface area (Å²) in [5.41, 5.74) is 1.48. The second kappa shape index (κ2) is 9.10. The summed E-state index contributed by atoms with van der Waals surface area (Å²) in [4.78, 5) is 19.2. The number of aromatic nitrogens is 2. The van der Waals surface area contributed by atoms with Gasteiger partial charge >= 0.3 is 0 Å². The highest BCUT2D eigenvalue weighted by molar-refractivity contribution is 7.99. The number of aromatic amines is 1. The maximum atomic E-state index is 11.9. The molecule has 1 N–H and O–H groups in total. The molecule has 0 fully saturated rings. The lowest BCUT2D eigenvalue weighted by Crippen LogP contribution is -2.08. The van der Waals surface area contributed by atoms with Gasteiger partial charge in [-0.25, -0.2) is 4.98 Å². The van der Waals surface area contributed by atoms with Crippen molar-refractivity contribution in [3.05, 3.63) is 71.0 Å². The number of H-pyrrole nitrogens is 1. The zero-order valence-electron chi connectivity index (χ0n) is 14.5. The van der Waals surface area contributed by atoms with Gasteiger partial charge in [0, 0.05) is 17.4 Å². The first kappa shape index (κ1) is 18.1. The van der Waals surface area contributed by atoms with Crippen molar-refractivity contribution in [3.8, 4) is 22.8 Å². The number of rotatable bonds is 8. The van der Waals surface area contributed by atoms with Crippen LogP contribution in [0.1, 0.15) is 6.42 Å². The van der Waals surface area contributed by atoms with E-state index in [1.54, 1.807) is 7.11 Å². The van der Waals surface area contributed by atoms with Crippen LogP contribution in [0.3, 0.4) is 0 Å². The Balaban J connectivity index is 1.50. The van der Waals surface area contributed by atoms with Gasteiger partial charge in [0.2, 0.25) is 0 Å². The Morgan fingerprint density at radius 3 is 2.50 bits per heavy atom. The Labute approximate surface area is 156 Å². The molecule has 0 saturated carbocycles. The summed E-state index contributed by atoms with van der Waals surface area (Å²) in [5.74, 6) is 2.42. The molecule has 1 heterocycles. The van der Waals surface area contributed by atoms with Gasteiger partial charge in [0.15, 0.2) is 5.16 Å². The van der Waals surface area contributed by atoms with Gasteiger partial charge in [-0.3, -0.25) is 4.79 Å². The largest absolute Gasteiger partial charge is 0.497 e. The lowest BCUT2D eigenvalue weighted by Gasteiger charge is -2.07. The van der Waals surface area contributed by atoms with Crippen molar-refractivity contribution in [1.82, 2.24) is 9.97 Å². The van der Waals surface area contributed by atoms with Crippen LogP contribution in [0.25, 0.3) is 11.3 Å². The van der Waals surface area contributed by atoms with Crippen LogP contribution in [0.2, 0.25) is 0 Å². The first-order valence-electron chi connectivity index (χ1n) is 8.31. The fourth-order valence-electron chi connectivity index (χ4n) is 2.35. The molecule has 0 aliphatic heterocycles. The number of hydrogen-bond donors (Lipinski definition) is 1. The third-order valence-electron chi connectivity index (χ3n) is 3.65. The Kier molecular flexibility index (Phi) is 6.33. The lowest BCUT2D eigenvalue weighted by molar-refractivity contribution is 0.318. The van der Waals surface area contributed by atoms with Crippen molar-refractivity contribution in [2.45, 2.75) is 11.6 Å². The molecule has 134 valence electrons. The highest BCUT2D eigenvalue weighted by Crippen LogP contribution is 2.20. The molecule has 0 atom stereocenters. The predicted octanol–water partition coefficient (Wildman–Crippen LogP) is 4.01. The van der Waals surface area contributed by atoms with Crippen molar-refractivity contribution in [2.24, 2.45) is 0 Å². The summed E-state index contributed by atoms with van der Waals surface area (Å²) in [6.45, 7) is 0.599. The van der Waals surface area contributed by atoms with Gasteiger partial charge < -0.3 is 14.5 Å². The number of nitrogens with zero attached hydrogens (tertiary/aromatic N) is 1. The summed E-state index contributed by atoms with van der Waals surface area (Å²) < 4.78 is 10.8. The van der Waals surface area contributed by atoms with Crippen LogP contribution in [0.4, 0.5) is 0 Å². The van der Waals surface area contributed by atoms with E-state index in [4.69, 9.17) is 9.47 Å². The molecule has 0 spiro atoms. The topological polar surface area (TPSA) is 64.2 Å². The van der Waals surface area contributed by atoms with Gasteiger partial charge in [-0.15, -0.1) is 0 Å². The van der Waals surface area contributed by atoms with E-state index < -0.39 is 0 Å².